The zero-order chi connectivity index (χ0) is 8.39. The van der Waals surface area contributed by atoms with Gasteiger partial charge in [0.1, 0.15) is 0 Å². The number of H-pyrrole nitrogens is 1. The second-order valence-corrected chi connectivity index (χ2v) is 2.32. The third kappa shape index (κ3) is 1.83. The standard InChI is InChI=1S/C8H6N2O2.H2O/c11-8-5-7(10-12-8)6-1-3-9-4-2-6;/h1-5,10H;1H2. The first-order valence-corrected chi connectivity index (χ1v) is 3.45. The van der Waals surface area contributed by atoms with Gasteiger partial charge in [0.2, 0.25) is 0 Å². The summed E-state index contributed by atoms with van der Waals surface area (Å²) in [4.78, 5) is 14.5. The molecule has 68 valence electrons. The molecule has 0 aliphatic heterocycles. The molecule has 0 amide bonds. The molecule has 0 aliphatic carbocycles. The first-order valence-electron chi connectivity index (χ1n) is 3.45. The molecule has 0 saturated heterocycles. The van der Waals surface area contributed by atoms with Crippen LogP contribution in [0.2, 0.25) is 0 Å². The van der Waals surface area contributed by atoms with E-state index in [9.17, 15) is 4.79 Å². The molecule has 0 unspecified atom stereocenters. The highest BCUT2D eigenvalue weighted by Gasteiger charge is 1.99. The van der Waals surface area contributed by atoms with Crippen LogP contribution in [0, 0.1) is 0 Å². The van der Waals surface area contributed by atoms with Crippen LogP contribution in [0.4, 0.5) is 0 Å². The van der Waals surface area contributed by atoms with Crippen LogP contribution in [0.3, 0.4) is 0 Å². The Morgan fingerprint density at radius 2 is 2.00 bits per heavy atom. The number of nitrogens with one attached hydrogen (secondary N) is 1. The first kappa shape index (κ1) is 9.21. The van der Waals surface area contributed by atoms with Crippen molar-refractivity contribution in [2.75, 3.05) is 0 Å². The fourth-order valence-electron chi connectivity index (χ4n) is 0.956. The smallest absolute Gasteiger partial charge is 0.357 e. The Morgan fingerprint density at radius 1 is 1.31 bits per heavy atom. The number of aromatic amines is 1. The molecule has 3 N–H and O–H groups in total. The predicted molar refractivity (Wildman–Crippen MR) is 46.2 cm³/mol. The van der Waals surface area contributed by atoms with E-state index in [0.29, 0.717) is 5.69 Å². The van der Waals surface area contributed by atoms with E-state index >= 15 is 0 Å². The highest BCUT2D eigenvalue weighted by Crippen LogP contribution is 2.12. The first-order chi connectivity index (χ1) is 5.86. The second-order valence-electron chi connectivity index (χ2n) is 2.32. The third-order valence-electron chi connectivity index (χ3n) is 1.52. The van der Waals surface area contributed by atoms with Crippen LogP contribution >= 0.6 is 0 Å². The molecule has 0 atom stereocenters. The van der Waals surface area contributed by atoms with E-state index in [4.69, 9.17) is 0 Å². The van der Waals surface area contributed by atoms with Crippen molar-refractivity contribution < 1.29 is 10.00 Å². The summed E-state index contributed by atoms with van der Waals surface area (Å²) < 4.78 is 4.52. The summed E-state index contributed by atoms with van der Waals surface area (Å²) in [5.41, 5.74) is 1.18. The number of hydrogen-bond donors (Lipinski definition) is 1. The van der Waals surface area contributed by atoms with Gasteiger partial charge < -0.3 is 10.00 Å². The topological polar surface area (TPSA) is 90.4 Å². The van der Waals surface area contributed by atoms with Crippen LogP contribution in [0.15, 0.2) is 39.9 Å². The third-order valence-corrected chi connectivity index (χ3v) is 1.52. The zero-order valence-corrected chi connectivity index (χ0v) is 6.65. The van der Waals surface area contributed by atoms with Gasteiger partial charge in [-0.15, -0.1) is 0 Å². The lowest BCUT2D eigenvalue weighted by molar-refractivity contribution is 0.394. The highest BCUT2D eigenvalue weighted by molar-refractivity contribution is 5.56. The second kappa shape index (κ2) is 3.68. The molecule has 2 aromatic heterocycles. The highest BCUT2D eigenvalue weighted by atomic mass is 16.5. The molecule has 0 aliphatic rings. The Kier molecular flexibility index (Phi) is 2.61. The summed E-state index contributed by atoms with van der Waals surface area (Å²) in [7, 11) is 0. The molecular weight excluding hydrogens is 172 g/mol. The lowest BCUT2D eigenvalue weighted by Gasteiger charge is -1.91. The van der Waals surface area contributed by atoms with Gasteiger partial charge in [-0.25, -0.2) is 9.95 Å². The van der Waals surface area contributed by atoms with E-state index in [0.717, 1.165) is 5.56 Å². The normalized spacial score (nSPS) is 9.23. The number of aromatic nitrogens is 2. The zero-order valence-electron chi connectivity index (χ0n) is 6.65. The molecule has 0 fully saturated rings. The van der Waals surface area contributed by atoms with Crippen LogP contribution < -0.4 is 5.63 Å². The van der Waals surface area contributed by atoms with E-state index in [1.165, 1.54) is 6.07 Å². The van der Waals surface area contributed by atoms with Gasteiger partial charge in [0, 0.05) is 18.0 Å². The van der Waals surface area contributed by atoms with Gasteiger partial charge in [0.25, 0.3) is 0 Å². The van der Waals surface area contributed by atoms with Gasteiger partial charge in [-0.1, -0.05) is 0 Å². The molecule has 0 spiro atoms. The van der Waals surface area contributed by atoms with E-state index in [1.54, 1.807) is 24.5 Å². The van der Waals surface area contributed by atoms with Crippen LogP contribution in [-0.2, 0) is 0 Å². The fraction of sp³-hybridized carbons (Fsp3) is 0. The van der Waals surface area contributed by atoms with Crippen molar-refractivity contribution >= 4 is 0 Å². The van der Waals surface area contributed by atoms with E-state index in [-0.39, 0.29) is 11.1 Å². The predicted octanol–water partition coefficient (Wildman–Crippen LogP) is 0.205. The molecule has 2 rings (SSSR count). The molecule has 5 heteroatoms. The Labute approximate surface area is 73.3 Å². The largest absolute Gasteiger partial charge is 0.412 e. The number of rotatable bonds is 1. The minimum Gasteiger partial charge on any atom is -0.412 e. The van der Waals surface area contributed by atoms with Crippen molar-refractivity contribution in [2.24, 2.45) is 0 Å². The van der Waals surface area contributed by atoms with Gasteiger partial charge in [-0.3, -0.25) is 4.98 Å². The van der Waals surface area contributed by atoms with Gasteiger partial charge in [-0.2, -0.15) is 0 Å². The fourth-order valence-corrected chi connectivity index (χ4v) is 0.956. The molecule has 0 aromatic carbocycles. The van der Waals surface area contributed by atoms with Crippen molar-refractivity contribution in [3.63, 3.8) is 0 Å². The minimum absolute atomic E-state index is 0. The molecule has 0 saturated carbocycles. The Bertz CT molecular complexity index is 418. The summed E-state index contributed by atoms with van der Waals surface area (Å²) in [6.45, 7) is 0. The van der Waals surface area contributed by atoms with Crippen molar-refractivity contribution in [2.45, 2.75) is 0 Å². The summed E-state index contributed by atoms with van der Waals surface area (Å²) in [5.74, 6) is 0. The molecule has 2 heterocycles. The van der Waals surface area contributed by atoms with E-state index in [2.05, 4.69) is 14.7 Å². The lowest BCUT2D eigenvalue weighted by Crippen LogP contribution is -1.85. The van der Waals surface area contributed by atoms with Crippen molar-refractivity contribution in [3.05, 3.63) is 41.0 Å². The molecule has 2 aromatic rings. The Morgan fingerprint density at radius 3 is 2.54 bits per heavy atom. The van der Waals surface area contributed by atoms with Crippen LogP contribution in [0.1, 0.15) is 0 Å². The maximum atomic E-state index is 10.7. The van der Waals surface area contributed by atoms with Gasteiger partial charge in [0.15, 0.2) is 0 Å². The summed E-state index contributed by atoms with van der Waals surface area (Å²) in [5, 5.41) is 2.51. The Hall–Kier alpha value is -1.88. The molecule has 13 heavy (non-hydrogen) atoms. The van der Waals surface area contributed by atoms with Crippen LogP contribution in [0.5, 0.6) is 0 Å². The number of nitrogens with zero attached hydrogens (tertiary/aromatic N) is 1. The summed E-state index contributed by atoms with van der Waals surface area (Å²) >= 11 is 0. The van der Waals surface area contributed by atoms with Crippen molar-refractivity contribution in [1.82, 2.24) is 10.1 Å². The van der Waals surface area contributed by atoms with E-state index in [1.807, 2.05) is 0 Å². The number of pyridine rings is 1. The molecule has 0 bridgehead atoms. The monoisotopic (exact) mass is 180 g/mol. The Balaban J connectivity index is 0.000000845. The lowest BCUT2D eigenvalue weighted by atomic mass is 10.2. The van der Waals surface area contributed by atoms with Crippen molar-refractivity contribution in [3.8, 4) is 11.3 Å². The molecule has 0 radical (unpaired) electrons. The average Bonchev–Trinajstić information content (AvgIpc) is 2.54. The summed E-state index contributed by atoms with van der Waals surface area (Å²) in [6.07, 6.45) is 3.31. The quantitative estimate of drug-likeness (QED) is 0.679. The maximum Gasteiger partial charge on any atom is 0.357 e. The van der Waals surface area contributed by atoms with E-state index < -0.39 is 0 Å². The van der Waals surface area contributed by atoms with Gasteiger partial charge in [-0.05, 0) is 12.1 Å². The van der Waals surface area contributed by atoms with Gasteiger partial charge >= 0.3 is 5.63 Å². The van der Waals surface area contributed by atoms with Crippen LogP contribution in [-0.4, -0.2) is 15.6 Å². The molecule has 5 nitrogen and oxygen atoms in total. The average molecular weight is 180 g/mol. The van der Waals surface area contributed by atoms with Crippen molar-refractivity contribution in [1.29, 1.82) is 0 Å². The van der Waals surface area contributed by atoms with Crippen LogP contribution in [0.25, 0.3) is 11.3 Å². The minimum atomic E-state index is -0.373. The SMILES string of the molecule is O.O=c1cc(-c2ccncc2)[nH]o1. The van der Waals surface area contributed by atoms with Gasteiger partial charge in [0.05, 0.1) is 11.8 Å². The maximum absolute atomic E-state index is 10.7. The molecular formula is C8H8N2O3. The number of hydrogen-bond acceptors (Lipinski definition) is 3. The summed E-state index contributed by atoms with van der Waals surface area (Å²) in [6, 6.07) is 4.98.